The minimum Gasteiger partial charge on any atom is -0.326 e. The molecule has 10 heteroatoms. The van der Waals surface area contributed by atoms with E-state index in [0.29, 0.717) is 29.3 Å². The van der Waals surface area contributed by atoms with Crippen LogP contribution in [0.25, 0.3) is 5.69 Å². The van der Waals surface area contributed by atoms with Crippen LogP contribution in [0.3, 0.4) is 0 Å². The summed E-state index contributed by atoms with van der Waals surface area (Å²) in [6.45, 7) is 2.52. The Labute approximate surface area is 173 Å². The number of amides is 1. The second-order valence-corrected chi connectivity index (χ2v) is 10.4. The molecule has 2 aromatic heterocycles. The van der Waals surface area contributed by atoms with Crippen LogP contribution in [0.15, 0.2) is 53.3 Å². The lowest BCUT2D eigenvalue weighted by molar-refractivity contribution is -0.120. The van der Waals surface area contributed by atoms with Crippen LogP contribution >= 0.6 is 11.3 Å². The molecule has 152 valence electrons. The van der Waals surface area contributed by atoms with Gasteiger partial charge in [0.05, 0.1) is 11.6 Å². The van der Waals surface area contributed by atoms with Gasteiger partial charge in [-0.1, -0.05) is 0 Å². The Balaban J connectivity index is 1.42. The van der Waals surface area contributed by atoms with Gasteiger partial charge < -0.3 is 5.32 Å². The van der Waals surface area contributed by atoms with Gasteiger partial charge in [0.2, 0.25) is 5.91 Å². The predicted octanol–water partition coefficient (Wildman–Crippen LogP) is 2.68. The summed E-state index contributed by atoms with van der Waals surface area (Å²) in [5.41, 5.74) is 1.49. The first kappa shape index (κ1) is 19.7. The Kier molecular flexibility index (Phi) is 5.48. The minimum absolute atomic E-state index is 0.166. The van der Waals surface area contributed by atoms with Crippen molar-refractivity contribution < 1.29 is 13.2 Å². The molecule has 0 bridgehead atoms. The Morgan fingerprint density at radius 1 is 1.21 bits per heavy atom. The number of sulfonamides is 1. The molecule has 1 N–H and O–H groups in total. The first-order valence-electron chi connectivity index (χ1n) is 9.26. The average molecular weight is 432 g/mol. The lowest BCUT2D eigenvalue weighted by Gasteiger charge is -2.30. The third-order valence-corrected chi connectivity index (χ3v) is 8.22. The fourth-order valence-corrected chi connectivity index (χ4v) is 6.30. The van der Waals surface area contributed by atoms with Gasteiger partial charge in [-0.3, -0.25) is 4.79 Å². The highest BCUT2D eigenvalue weighted by molar-refractivity contribution is 7.91. The smallest absolute Gasteiger partial charge is 0.252 e. The van der Waals surface area contributed by atoms with E-state index in [2.05, 4.69) is 15.4 Å². The number of thiophene rings is 1. The van der Waals surface area contributed by atoms with Gasteiger partial charge in [0.25, 0.3) is 10.0 Å². The van der Waals surface area contributed by atoms with Gasteiger partial charge in [-0.25, -0.2) is 18.1 Å². The van der Waals surface area contributed by atoms with E-state index in [1.807, 2.05) is 19.1 Å². The molecule has 1 amide bonds. The summed E-state index contributed by atoms with van der Waals surface area (Å²) in [7, 11) is -3.55. The number of anilines is 1. The van der Waals surface area contributed by atoms with Crippen LogP contribution in [-0.4, -0.2) is 46.5 Å². The summed E-state index contributed by atoms with van der Waals surface area (Å²) in [5.74, 6) is -0.546. The number of aryl methyl sites for hydroxylation is 1. The highest BCUT2D eigenvalue weighted by Gasteiger charge is 2.34. The molecule has 3 heterocycles. The number of piperidine rings is 1. The molecule has 4 rings (SSSR count). The molecule has 8 nitrogen and oxygen atoms in total. The number of hydrogen-bond donors (Lipinski definition) is 1. The topological polar surface area (TPSA) is 97.2 Å². The van der Waals surface area contributed by atoms with Crippen LogP contribution in [0.5, 0.6) is 0 Å². The van der Waals surface area contributed by atoms with Crippen molar-refractivity contribution >= 4 is 33.0 Å². The number of aromatic nitrogens is 3. The lowest BCUT2D eigenvalue weighted by atomic mass is 9.98. The molecule has 0 unspecified atom stereocenters. The lowest BCUT2D eigenvalue weighted by Crippen LogP contribution is -2.43. The third-order valence-electron chi connectivity index (χ3n) is 4.88. The summed E-state index contributed by atoms with van der Waals surface area (Å²) >= 11 is 1.26. The molecule has 0 radical (unpaired) electrons. The van der Waals surface area contributed by atoms with E-state index in [9.17, 15) is 13.2 Å². The molecule has 1 aliphatic rings. The van der Waals surface area contributed by atoms with Crippen LogP contribution in [-0.2, 0) is 14.8 Å². The van der Waals surface area contributed by atoms with E-state index in [4.69, 9.17) is 0 Å². The van der Waals surface area contributed by atoms with Crippen molar-refractivity contribution in [2.75, 3.05) is 18.4 Å². The van der Waals surface area contributed by atoms with Gasteiger partial charge in [0.15, 0.2) is 0 Å². The van der Waals surface area contributed by atoms with Crippen molar-refractivity contribution in [2.24, 2.45) is 5.92 Å². The number of carbonyl (C=O) groups excluding carboxylic acids is 1. The minimum atomic E-state index is -3.55. The van der Waals surface area contributed by atoms with Crippen molar-refractivity contribution in [1.29, 1.82) is 0 Å². The molecular formula is C19H21N5O3S2. The van der Waals surface area contributed by atoms with E-state index in [1.165, 1.54) is 22.0 Å². The van der Waals surface area contributed by atoms with Crippen molar-refractivity contribution in [3.05, 3.63) is 53.9 Å². The normalized spacial score (nSPS) is 17.9. The van der Waals surface area contributed by atoms with E-state index in [1.54, 1.807) is 35.3 Å². The second-order valence-electron chi connectivity index (χ2n) is 6.94. The molecule has 1 fully saturated rings. The maximum Gasteiger partial charge on any atom is 0.252 e. The Hall–Kier alpha value is -2.56. The summed E-state index contributed by atoms with van der Waals surface area (Å²) in [5, 5.41) is 6.96. The Bertz CT molecular complexity index is 1090. The molecular weight excluding hydrogens is 410 g/mol. The SMILES string of the molecule is Cc1ccc(S(=O)(=O)N2CCC[C@H](C(=O)Nc3ccc(-n4cncn4)cc3)C2)s1. The first-order valence-corrected chi connectivity index (χ1v) is 11.5. The zero-order chi connectivity index (χ0) is 20.4. The maximum atomic E-state index is 12.9. The second kappa shape index (κ2) is 8.05. The van der Waals surface area contributed by atoms with Crippen LogP contribution in [0.4, 0.5) is 5.69 Å². The standard InChI is InChI=1S/C19H21N5O3S2/c1-14-4-9-18(28-14)29(26,27)23-10-2-3-15(11-23)19(25)22-16-5-7-17(8-6-16)24-13-20-12-21-24/h4-9,12-13,15H,2-3,10-11H2,1H3,(H,22,25)/t15-/m0/s1. The van der Waals surface area contributed by atoms with Gasteiger partial charge in [0.1, 0.15) is 16.9 Å². The van der Waals surface area contributed by atoms with Crippen LogP contribution in [0.2, 0.25) is 0 Å². The van der Waals surface area contributed by atoms with Crippen molar-refractivity contribution in [3.63, 3.8) is 0 Å². The highest BCUT2D eigenvalue weighted by atomic mass is 32.2. The van der Waals surface area contributed by atoms with E-state index < -0.39 is 10.0 Å². The third kappa shape index (κ3) is 4.24. The molecule has 1 atom stereocenters. The zero-order valence-electron chi connectivity index (χ0n) is 15.9. The number of nitrogens with one attached hydrogen (secondary N) is 1. The Morgan fingerprint density at radius 3 is 2.66 bits per heavy atom. The van der Waals surface area contributed by atoms with Crippen LogP contribution in [0.1, 0.15) is 17.7 Å². The van der Waals surface area contributed by atoms with E-state index in [-0.39, 0.29) is 18.4 Å². The number of nitrogens with zero attached hydrogens (tertiary/aromatic N) is 4. The van der Waals surface area contributed by atoms with Gasteiger partial charge in [-0.15, -0.1) is 11.3 Å². The van der Waals surface area contributed by atoms with Crippen LogP contribution in [0, 0.1) is 12.8 Å². The van der Waals surface area contributed by atoms with Crippen molar-refractivity contribution in [1.82, 2.24) is 19.1 Å². The zero-order valence-corrected chi connectivity index (χ0v) is 17.5. The first-order chi connectivity index (χ1) is 13.9. The van der Waals surface area contributed by atoms with Gasteiger partial charge in [-0.2, -0.15) is 9.40 Å². The predicted molar refractivity (Wildman–Crippen MR) is 111 cm³/mol. The molecule has 0 saturated carbocycles. The highest BCUT2D eigenvalue weighted by Crippen LogP contribution is 2.28. The molecule has 0 spiro atoms. The summed E-state index contributed by atoms with van der Waals surface area (Å²) in [6.07, 6.45) is 4.38. The van der Waals surface area contributed by atoms with E-state index >= 15 is 0 Å². The number of hydrogen-bond acceptors (Lipinski definition) is 6. The quantitative estimate of drug-likeness (QED) is 0.670. The van der Waals surface area contributed by atoms with Crippen molar-refractivity contribution in [3.8, 4) is 5.69 Å². The maximum absolute atomic E-state index is 12.9. The van der Waals surface area contributed by atoms with Crippen molar-refractivity contribution in [2.45, 2.75) is 24.0 Å². The monoisotopic (exact) mass is 431 g/mol. The molecule has 1 aromatic carbocycles. The van der Waals surface area contributed by atoms with E-state index in [0.717, 1.165) is 10.6 Å². The molecule has 29 heavy (non-hydrogen) atoms. The van der Waals surface area contributed by atoms with Gasteiger partial charge in [0, 0.05) is 23.7 Å². The molecule has 0 aliphatic carbocycles. The summed E-state index contributed by atoms with van der Waals surface area (Å²) in [6, 6.07) is 10.7. The summed E-state index contributed by atoms with van der Waals surface area (Å²) < 4.78 is 29.1. The molecule has 1 saturated heterocycles. The van der Waals surface area contributed by atoms with Gasteiger partial charge >= 0.3 is 0 Å². The molecule has 3 aromatic rings. The van der Waals surface area contributed by atoms with Gasteiger partial charge in [-0.05, 0) is 56.2 Å². The average Bonchev–Trinajstić information content (AvgIpc) is 3.41. The van der Waals surface area contributed by atoms with Crippen LogP contribution < -0.4 is 5.32 Å². The summed E-state index contributed by atoms with van der Waals surface area (Å²) in [4.78, 5) is 17.6. The number of rotatable bonds is 5. The Morgan fingerprint density at radius 2 is 2.00 bits per heavy atom. The largest absolute Gasteiger partial charge is 0.326 e. The number of carbonyl (C=O) groups is 1. The fraction of sp³-hybridized carbons (Fsp3) is 0.316. The molecule has 1 aliphatic heterocycles. The number of benzene rings is 1. The fourth-order valence-electron chi connectivity index (χ4n) is 3.34.